The van der Waals surface area contributed by atoms with Crippen molar-refractivity contribution in [3.8, 4) is 11.8 Å². The van der Waals surface area contributed by atoms with E-state index in [0.717, 1.165) is 25.2 Å². The Morgan fingerprint density at radius 1 is 1.24 bits per heavy atom. The molecule has 2 nitrogen and oxygen atoms in total. The van der Waals surface area contributed by atoms with Crippen LogP contribution in [0.15, 0.2) is 18.2 Å². The number of rotatable bonds is 2. The average molecular weight is 288 g/mol. The molecule has 1 heterocycles. The molecule has 2 N–H and O–H groups in total. The minimum atomic E-state index is -0.219. The first-order chi connectivity index (χ1) is 9.98. The first-order valence-electron chi connectivity index (χ1n) is 7.69. The van der Waals surface area contributed by atoms with Gasteiger partial charge in [0.15, 0.2) is 0 Å². The van der Waals surface area contributed by atoms with Gasteiger partial charge < -0.3 is 5.73 Å². The summed E-state index contributed by atoms with van der Waals surface area (Å²) in [7, 11) is 0. The van der Waals surface area contributed by atoms with E-state index in [1.54, 1.807) is 6.07 Å². The van der Waals surface area contributed by atoms with Crippen molar-refractivity contribution in [3.05, 3.63) is 35.1 Å². The number of nitrogens with two attached hydrogens (primary N) is 1. The Labute approximate surface area is 127 Å². The lowest BCUT2D eigenvalue weighted by Crippen LogP contribution is -2.25. The Morgan fingerprint density at radius 2 is 2.05 bits per heavy atom. The summed E-state index contributed by atoms with van der Waals surface area (Å²) in [4.78, 5) is 2.42. The first kappa shape index (κ1) is 16.0. The second-order valence-corrected chi connectivity index (χ2v) is 6.65. The first-order valence-corrected chi connectivity index (χ1v) is 7.69. The molecule has 3 heteroatoms. The number of benzene rings is 1. The molecule has 0 atom stereocenters. The quantitative estimate of drug-likeness (QED) is 0.847. The summed E-state index contributed by atoms with van der Waals surface area (Å²) in [6.45, 7) is 7.92. The number of hydrogen-bond donors (Lipinski definition) is 1. The van der Waals surface area contributed by atoms with Gasteiger partial charge in [-0.15, -0.1) is 0 Å². The van der Waals surface area contributed by atoms with Gasteiger partial charge in [-0.3, -0.25) is 4.90 Å². The van der Waals surface area contributed by atoms with Crippen molar-refractivity contribution in [1.82, 2.24) is 4.90 Å². The fourth-order valence-electron chi connectivity index (χ4n) is 2.86. The van der Waals surface area contributed by atoms with E-state index in [1.165, 1.54) is 25.3 Å². The molecular formula is C18H25FN2. The summed E-state index contributed by atoms with van der Waals surface area (Å²) >= 11 is 0. The molecule has 0 amide bonds. The minimum absolute atomic E-state index is 0.219. The zero-order chi connectivity index (χ0) is 15.3. The van der Waals surface area contributed by atoms with Gasteiger partial charge in [0.25, 0.3) is 0 Å². The molecule has 114 valence electrons. The summed E-state index contributed by atoms with van der Waals surface area (Å²) in [5.41, 5.74) is 7.50. The monoisotopic (exact) mass is 288 g/mol. The predicted octanol–water partition coefficient (Wildman–Crippen LogP) is 3.15. The van der Waals surface area contributed by atoms with Crippen LogP contribution in [0.1, 0.15) is 44.2 Å². The third-order valence-electron chi connectivity index (χ3n) is 4.13. The topological polar surface area (TPSA) is 29.3 Å². The summed E-state index contributed by atoms with van der Waals surface area (Å²) in [5, 5.41) is 0. The van der Waals surface area contributed by atoms with Gasteiger partial charge in [0, 0.05) is 12.1 Å². The lowest BCUT2D eigenvalue weighted by molar-refractivity contribution is 0.255. The van der Waals surface area contributed by atoms with E-state index in [0.29, 0.717) is 17.5 Å². The molecule has 1 aliphatic heterocycles. The summed E-state index contributed by atoms with van der Waals surface area (Å²) < 4.78 is 13.7. The van der Waals surface area contributed by atoms with Crippen LogP contribution in [0.5, 0.6) is 0 Å². The second-order valence-electron chi connectivity index (χ2n) is 6.65. The lowest BCUT2D eigenvalue weighted by Gasteiger charge is -2.23. The van der Waals surface area contributed by atoms with E-state index < -0.39 is 0 Å². The van der Waals surface area contributed by atoms with Crippen LogP contribution in [0.25, 0.3) is 0 Å². The number of hydrogen-bond acceptors (Lipinski definition) is 2. The van der Waals surface area contributed by atoms with Crippen molar-refractivity contribution in [1.29, 1.82) is 0 Å². The predicted molar refractivity (Wildman–Crippen MR) is 85.2 cm³/mol. The maximum atomic E-state index is 13.7. The highest BCUT2D eigenvalue weighted by molar-refractivity contribution is 5.38. The van der Waals surface area contributed by atoms with Crippen molar-refractivity contribution < 1.29 is 4.39 Å². The SMILES string of the molecule is CC1(C)CCCN(Cc2cc(F)cc(C#CCN)c2)CC1. The van der Waals surface area contributed by atoms with Crippen LogP contribution in [-0.2, 0) is 6.54 Å². The Kier molecular flexibility index (Phi) is 5.39. The third kappa shape index (κ3) is 5.15. The Bertz CT molecular complexity index is 540. The van der Waals surface area contributed by atoms with Crippen LogP contribution >= 0.6 is 0 Å². The summed E-state index contributed by atoms with van der Waals surface area (Å²) in [6, 6.07) is 5.06. The number of likely N-dealkylation sites (tertiary alicyclic amines) is 1. The molecule has 21 heavy (non-hydrogen) atoms. The fourth-order valence-corrected chi connectivity index (χ4v) is 2.86. The van der Waals surface area contributed by atoms with E-state index in [4.69, 9.17) is 5.73 Å². The van der Waals surface area contributed by atoms with Crippen molar-refractivity contribution in [2.75, 3.05) is 19.6 Å². The number of halogens is 1. The van der Waals surface area contributed by atoms with E-state index in [1.807, 2.05) is 6.07 Å². The van der Waals surface area contributed by atoms with Gasteiger partial charge in [0.1, 0.15) is 5.82 Å². The Morgan fingerprint density at radius 3 is 2.81 bits per heavy atom. The molecule has 0 aliphatic carbocycles. The van der Waals surface area contributed by atoms with Gasteiger partial charge in [-0.25, -0.2) is 4.39 Å². The molecule has 1 aromatic rings. The molecule has 0 radical (unpaired) electrons. The van der Waals surface area contributed by atoms with Crippen molar-refractivity contribution in [2.24, 2.45) is 11.1 Å². The molecule has 1 aliphatic rings. The van der Waals surface area contributed by atoms with E-state index in [2.05, 4.69) is 30.6 Å². The highest BCUT2D eigenvalue weighted by Gasteiger charge is 2.23. The zero-order valence-corrected chi connectivity index (χ0v) is 13.1. The van der Waals surface area contributed by atoms with E-state index in [9.17, 15) is 4.39 Å². The Balaban J connectivity index is 2.07. The van der Waals surface area contributed by atoms with Crippen LogP contribution in [0, 0.1) is 23.1 Å². The smallest absolute Gasteiger partial charge is 0.124 e. The third-order valence-corrected chi connectivity index (χ3v) is 4.13. The fraction of sp³-hybridized carbons (Fsp3) is 0.556. The largest absolute Gasteiger partial charge is 0.320 e. The highest BCUT2D eigenvalue weighted by Crippen LogP contribution is 2.30. The second kappa shape index (κ2) is 7.06. The molecule has 0 bridgehead atoms. The molecule has 1 saturated heterocycles. The lowest BCUT2D eigenvalue weighted by atomic mass is 9.85. The zero-order valence-electron chi connectivity index (χ0n) is 13.1. The maximum absolute atomic E-state index is 13.7. The van der Waals surface area contributed by atoms with Crippen LogP contribution in [-0.4, -0.2) is 24.5 Å². The van der Waals surface area contributed by atoms with Gasteiger partial charge in [-0.2, -0.15) is 0 Å². The standard InChI is InChI=1S/C18H25FN2/c1-18(2)6-4-9-21(10-7-18)14-16-11-15(5-3-8-20)12-17(19)13-16/h11-13H,4,6-10,14,20H2,1-2H3. The van der Waals surface area contributed by atoms with Gasteiger partial charge >= 0.3 is 0 Å². The molecule has 0 unspecified atom stereocenters. The van der Waals surface area contributed by atoms with Gasteiger partial charge in [0.05, 0.1) is 6.54 Å². The van der Waals surface area contributed by atoms with E-state index in [-0.39, 0.29) is 5.82 Å². The minimum Gasteiger partial charge on any atom is -0.320 e. The van der Waals surface area contributed by atoms with Gasteiger partial charge in [-0.1, -0.05) is 25.7 Å². The molecule has 1 fully saturated rings. The molecular weight excluding hydrogens is 263 g/mol. The van der Waals surface area contributed by atoms with Crippen molar-refractivity contribution in [2.45, 2.75) is 39.7 Å². The highest BCUT2D eigenvalue weighted by atomic mass is 19.1. The van der Waals surface area contributed by atoms with Crippen LogP contribution in [0.3, 0.4) is 0 Å². The molecule has 2 rings (SSSR count). The average Bonchev–Trinajstić information content (AvgIpc) is 2.57. The van der Waals surface area contributed by atoms with Crippen LogP contribution < -0.4 is 5.73 Å². The van der Waals surface area contributed by atoms with E-state index >= 15 is 0 Å². The number of nitrogens with zero attached hydrogens (tertiary/aromatic N) is 1. The normalized spacial score (nSPS) is 18.7. The van der Waals surface area contributed by atoms with Gasteiger partial charge in [-0.05, 0) is 61.5 Å². The summed E-state index contributed by atoms with van der Waals surface area (Å²) in [6.07, 6.45) is 3.67. The van der Waals surface area contributed by atoms with Crippen molar-refractivity contribution in [3.63, 3.8) is 0 Å². The van der Waals surface area contributed by atoms with Crippen LogP contribution in [0.2, 0.25) is 0 Å². The molecule has 0 spiro atoms. The maximum Gasteiger partial charge on any atom is 0.124 e. The summed E-state index contributed by atoms with van der Waals surface area (Å²) in [5.74, 6) is 5.48. The molecule has 0 aromatic heterocycles. The Hall–Kier alpha value is -1.37. The van der Waals surface area contributed by atoms with Crippen molar-refractivity contribution >= 4 is 0 Å². The molecule has 1 aromatic carbocycles. The van der Waals surface area contributed by atoms with Crippen LogP contribution in [0.4, 0.5) is 4.39 Å². The molecule has 0 saturated carbocycles. The van der Waals surface area contributed by atoms with Gasteiger partial charge in [0.2, 0.25) is 0 Å².